The van der Waals surface area contributed by atoms with Crippen LogP contribution in [0.4, 0.5) is 13.2 Å². The molecule has 1 rings (SSSR count). The molecular formula is C11H7BrF3NO2S. The van der Waals surface area contributed by atoms with Crippen LogP contribution in [-0.4, -0.2) is 18.1 Å². The van der Waals surface area contributed by atoms with Crippen LogP contribution in [0, 0.1) is 11.3 Å². The van der Waals surface area contributed by atoms with Crippen LogP contribution in [0.1, 0.15) is 22.8 Å². The Morgan fingerprint density at radius 3 is 2.63 bits per heavy atom. The van der Waals surface area contributed by atoms with Crippen molar-refractivity contribution in [1.82, 2.24) is 0 Å². The van der Waals surface area contributed by atoms with E-state index in [1.165, 1.54) is 13.0 Å². The van der Waals surface area contributed by atoms with Crippen LogP contribution in [-0.2, 0) is 4.74 Å². The van der Waals surface area contributed by atoms with Crippen LogP contribution in [0.15, 0.2) is 21.5 Å². The van der Waals surface area contributed by atoms with Crippen molar-refractivity contribution >= 4 is 33.7 Å². The van der Waals surface area contributed by atoms with Gasteiger partial charge in [0, 0.05) is 9.37 Å². The van der Waals surface area contributed by atoms with Gasteiger partial charge in [-0.05, 0) is 46.7 Å². The molecule has 0 fully saturated rings. The highest BCUT2D eigenvalue weighted by Gasteiger charge is 2.33. The maximum absolute atomic E-state index is 12.5. The van der Waals surface area contributed by atoms with Gasteiger partial charge >= 0.3 is 11.5 Å². The molecule has 19 heavy (non-hydrogen) atoms. The number of hydrogen-bond donors (Lipinski definition) is 0. The summed E-state index contributed by atoms with van der Waals surface area (Å²) >= 11 is 2.50. The van der Waals surface area contributed by atoms with E-state index in [1.54, 1.807) is 6.07 Å². The predicted molar refractivity (Wildman–Crippen MR) is 66.7 cm³/mol. The van der Waals surface area contributed by atoms with Gasteiger partial charge in [-0.1, -0.05) is 0 Å². The van der Waals surface area contributed by atoms with Gasteiger partial charge in [-0.3, -0.25) is 0 Å². The monoisotopic (exact) mass is 353 g/mol. The molecule has 0 saturated heterocycles. The average molecular weight is 354 g/mol. The molecule has 8 heteroatoms. The quantitative estimate of drug-likeness (QED) is 0.606. The number of esters is 1. The van der Waals surface area contributed by atoms with Crippen molar-refractivity contribution in [3.05, 3.63) is 27.7 Å². The topological polar surface area (TPSA) is 50.1 Å². The van der Waals surface area contributed by atoms with Crippen LogP contribution < -0.4 is 0 Å². The fraction of sp³-hybridized carbons (Fsp3) is 0.273. The average Bonchev–Trinajstić information content (AvgIpc) is 2.30. The lowest BCUT2D eigenvalue weighted by Crippen LogP contribution is -2.09. The molecule has 0 atom stereocenters. The Balaban J connectivity index is 3.34. The largest absolute Gasteiger partial charge is 0.462 e. The number of carbonyl (C=O) groups is 1. The van der Waals surface area contributed by atoms with Crippen molar-refractivity contribution in [2.45, 2.75) is 17.3 Å². The van der Waals surface area contributed by atoms with Gasteiger partial charge in [0.25, 0.3) is 0 Å². The Hall–Kier alpha value is -1.20. The molecule has 0 aromatic heterocycles. The normalized spacial score (nSPS) is 10.9. The first-order valence-corrected chi connectivity index (χ1v) is 6.56. The predicted octanol–water partition coefficient (Wildman–Crippen LogP) is 4.11. The molecule has 0 aliphatic carbocycles. The molecule has 0 heterocycles. The second-order valence-electron chi connectivity index (χ2n) is 3.21. The second-order valence-corrected chi connectivity index (χ2v) is 5.14. The smallest absolute Gasteiger partial charge is 0.446 e. The van der Waals surface area contributed by atoms with Crippen LogP contribution >= 0.6 is 27.7 Å². The summed E-state index contributed by atoms with van der Waals surface area (Å²) in [5.74, 6) is -0.896. The molecule has 0 N–H and O–H groups in total. The molecule has 0 amide bonds. The minimum Gasteiger partial charge on any atom is -0.462 e. The fourth-order valence-electron chi connectivity index (χ4n) is 1.24. The zero-order valence-corrected chi connectivity index (χ0v) is 11.9. The second kappa shape index (κ2) is 6.30. The number of halogens is 4. The third kappa shape index (κ3) is 4.44. The zero-order valence-electron chi connectivity index (χ0n) is 9.55. The maximum atomic E-state index is 12.5. The van der Waals surface area contributed by atoms with E-state index in [2.05, 4.69) is 20.7 Å². The number of rotatable bonds is 3. The van der Waals surface area contributed by atoms with Gasteiger partial charge in [0.15, 0.2) is 0 Å². The minimum atomic E-state index is -4.54. The Morgan fingerprint density at radius 2 is 2.16 bits per heavy atom. The standard InChI is InChI=1S/C11H7BrF3NO2S/c1-2-18-10(17)7-3-6(5-16)4-8(12)9(7)19-11(13,14)15/h3-4H,2H2,1H3. The van der Waals surface area contributed by atoms with Crippen LogP contribution in [0.3, 0.4) is 0 Å². The number of alkyl halides is 3. The summed E-state index contributed by atoms with van der Waals surface area (Å²) in [5.41, 5.74) is -4.76. The third-order valence-corrected chi connectivity index (χ3v) is 3.65. The molecule has 0 spiro atoms. The number of carbonyl (C=O) groups excluding carboxylic acids is 1. The first-order chi connectivity index (χ1) is 8.78. The van der Waals surface area contributed by atoms with E-state index in [9.17, 15) is 18.0 Å². The van der Waals surface area contributed by atoms with Crippen molar-refractivity contribution in [2.24, 2.45) is 0 Å². The highest BCUT2D eigenvalue weighted by molar-refractivity contribution is 9.10. The van der Waals surface area contributed by atoms with Gasteiger partial charge in [-0.15, -0.1) is 0 Å². The van der Waals surface area contributed by atoms with Crippen molar-refractivity contribution < 1.29 is 22.7 Å². The van der Waals surface area contributed by atoms with Crippen LogP contribution in [0.2, 0.25) is 0 Å². The summed E-state index contributed by atoms with van der Waals surface area (Å²) in [7, 11) is 0. The Labute approximate surface area is 119 Å². The molecule has 0 aliphatic rings. The van der Waals surface area contributed by atoms with E-state index >= 15 is 0 Å². The first-order valence-electron chi connectivity index (χ1n) is 4.95. The highest BCUT2D eigenvalue weighted by Crippen LogP contribution is 2.42. The number of nitrogens with zero attached hydrogens (tertiary/aromatic N) is 1. The van der Waals surface area contributed by atoms with Gasteiger partial charge in [-0.25, -0.2) is 4.79 Å². The van der Waals surface area contributed by atoms with E-state index in [4.69, 9.17) is 5.26 Å². The zero-order chi connectivity index (χ0) is 14.6. The number of benzene rings is 1. The van der Waals surface area contributed by atoms with Gasteiger partial charge in [-0.2, -0.15) is 18.4 Å². The molecule has 0 saturated carbocycles. The molecule has 0 aliphatic heterocycles. The van der Waals surface area contributed by atoms with Gasteiger partial charge in [0.2, 0.25) is 0 Å². The summed E-state index contributed by atoms with van der Waals surface area (Å²) in [6.07, 6.45) is 0. The van der Waals surface area contributed by atoms with Crippen molar-refractivity contribution in [1.29, 1.82) is 5.26 Å². The van der Waals surface area contributed by atoms with Gasteiger partial charge in [0.1, 0.15) is 0 Å². The first kappa shape index (κ1) is 15.9. The summed E-state index contributed by atoms with van der Waals surface area (Å²) in [4.78, 5) is 11.3. The van der Waals surface area contributed by atoms with E-state index in [0.29, 0.717) is 0 Å². The summed E-state index contributed by atoms with van der Waals surface area (Å²) < 4.78 is 42.1. The summed E-state index contributed by atoms with van der Waals surface area (Å²) in [6.45, 7) is 1.57. The Kier molecular flexibility index (Phi) is 5.26. The molecule has 1 aromatic carbocycles. The number of hydrogen-bond acceptors (Lipinski definition) is 4. The number of ether oxygens (including phenoxy) is 1. The van der Waals surface area contributed by atoms with Crippen LogP contribution in [0.25, 0.3) is 0 Å². The lowest BCUT2D eigenvalue weighted by molar-refractivity contribution is -0.0328. The Morgan fingerprint density at radius 1 is 1.53 bits per heavy atom. The van der Waals surface area contributed by atoms with Crippen LogP contribution in [0.5, 0.6) is 0 Å². The molecular weight excluding hydrogens is 347 g/mol. The number of nitriles is 1. The van der Waals surface area contributed by atoms with E-state index in [0.717, 1.165) is 6.07 Å². The lowest BCUT2D eigenvalue weighted by atomic mass is 10.1. The lowest BCUT2D eigenvalue weighted by Gasteiger charge is -2.12. The highest BCUT2D eigenvalue weighted by atomic mass is 79.9. The third-order valence-electron chi connectivity index (χ3n) is 1.89. The van der Waals surface area contributed by atoms with Crippen molar-refractivity contribution in [2.75, 3.05) is 6.61 Å². The maximum Gasteiger partial charge on any atom is 0.446 e. The summed E-state index contributed by atoms with van der Waals surface area (Å²) in [5, 5.41) is 8.77. The molecule has 1 aromatic rings. The molecule has 0 bridgehead atoms. The van der Waals surface area contributed by atoms with Crippen molar-refractivity contribution in [3.63, 3.8) is 0 Å². The SMILES string of the molecule is CCOC(=O)c1cc(C#N)cc(Br)c1SC(F)(F)F. The van der Waals surface area contributed by atoms with Crippen molar-refractivity contribution in [3.8, 4) is 6.07 Å². The molecule has 3 nitrogen and oxygen atoms in total. The summed E-state index contributed by atoms with van der Waals surface area (Å²) in [6, 6.07) is 4.07. The fourth-order valence-corrected chi connectivity index (χ4v) is 2.58. The molecule has 0 radical (unpaired) electrons. The van der Waals surface area contributed by atoms with Gasteiger partial charge in [0.05, 0.1) is 23.8 Å². The Bertz CT molecular complexity index is 540. The van der Waals surface area contributed by atoms with Gasteiger partial charge < -0.3 is 4.74 Å². The van der Waals surface area contributed by atoms with E-state index in [1.807, 2.05) is 0 Å². The van der Waals surface area contributed by atoms with E-state index < -0.39 is 23.2 Å². The molecule has 0 unspecified atom stereocenters. The number of thioether (sulfide) groups is 1. The minimum absolute atomic E-state index is 0.0249. The molecule has 102 valence electrons. The van der Waals surface area contributed by atoms with E-state index in [-0.39, 0.29) is 27.1 Å².